The molecule has 0 spiro atoms. The molecular weight excluding hydrogens is 263 g/mol. The molecule has 6 heteroatoms. The molecule has 0 aliphatic rings. The summed E-state index contributed by atoms with van der Waals surface area (Å²) in [6.07, 6.45) is 1.88. The Morgan fingerprint density at radius 2 is 1.95 bits per heavy atom. The van der Waals surface area contributed by atoms with Gasteiger partial charge in [0, 0.05) is 6.54 Å². The number of aromatic carboxylic acids is 1. The van der Waals surface area contributed by atoms with Crippen molar-refractivity contribution in [2.45, 2.75) is 26.7 Å². The highest BCUT2D eigenvalue weighted by atomic mass is 19.1. The minimum absolute atomic E-state index is 0.0560. The molecule has 0 atom stereocenters. The lowest BCUT2D eigenvalue weighted by Crippen LogP contribution is -2.33. The van der Waals surface area contributed by atoms with Gasteiger partial charge in [-0.2, -0.15) is 0 Å². The maximum Gasteiger partial charge on any atom is 0.337 e. The van der Waals surface area contributed by atoms with E-state index >= 15 is 0 Å². The van der Waals surface area contributed by atoms with E-state index in [-0.39, 0.29) is 11.3 Å². The van der Waals surface area contributed by atoms with E-state index in [0.717, 1.165) is 31.0 Å². The molecule has 0 bridgehead atoms. The zero-order chi connectivity index (χ0) is 15.1. The summed E-state index contributed by atoms with van der Waals surface area (Å²) in [5, 5.41) is 14.0. The molecule has 0 saturated carbocycles. The summed E-state index contributed by atoms with van der Waals surface area (Å²) < 4.78 is 13.1. The van der Waals surface area contributed by atoms with Gasteiger partial charge >= 0.3 is 12.0 Å². The number of hydrogen-bond donors (Lipinski definition) is 3. The lowest BCUT2D eigenvalue weighted by atomic mass is 10.0. The third-order valence-corrected chi connectivity index (χ3v) is 3.17. The van der Waals surface area contributed by atoms with Crippen molar-refractivity contribution in [2.24, 2.45) is 5.92 Å². The predicted octanol–water partition coefficient (Wildman–Crippen LogP) is 3.08. The number of rotatable bonds is 6. The zero-order valence-electron chi connectivity index (χ0n) is 11.6. The molecule has 0 radical (unpaired) electrons. The molecule has 3 N–H and O–H groups in total. The second kappa shape index (κ2) is 7.47. The van der Waals surface area contributed by atoms with E-state index in [9.17, 15) is 14.0 Å². The molecule has 1 aromatic rings. The molecule has 5 nitrogen and oxygen atoms in total. The Bertz CT molecular complexity index is 487. The van der Waals surface area contributed by atoms with Crippen LogP contribution in [0.4, 0.5) is 14.9 Å². The molecule has 0 aliphatic carbocycles. The highest BCUT2D eigenvalue weighted by molar-refractivity contribution is 5.99. The lowest BCUT2D eigenvalue weighted by Gasteiger charge is -2.14. The number of urea groups is 1. The summed E-state index contributed by atoms with van der Waals surface area (Å²) in [5.41, 5.74) is -0.205. The molecule has 2 amide bonds. The van der Waals surface area contributed by atoms with Crippen molar-refractivity contribution in [1.82, 2.24) is 5.32 Å². The first-order valence-electron chi connectivity index (χ1n) is 6.55. The van der Waals surface area contributed by atoms with Crippen molar-refractivity contribution >= 4 is 17.7 Å². The van der Waals surface area contributed by atoms with Gasteiger partial charge in [-0.15, -0.1) is 0 Å². The molecule has 0 heterocycles. The third kappa shape index (κ3) is 4.53. The van der Waals surface area contributed by atoms with Crippen molar-refractivity contribution < 1.29 is 19.1 Å². The first-order chi connectivity index (χ1) is 9.47. The summed E-state index contributed by atoms with van der Waals surface area (Å²) in [4.78, 5) is 22.7. The smallest absolute Gasteiger partial charge is 0.337 e. The number of nitrogens with one attached hydrogen (secondary N) is 2. The van der Waals surface area contributed by atoms with Crippen LogP contribution in [0, 0.1) is 11.7 Å². The quantitative estimate of drug-likeness (QED) is 0.750. The van der Waals surface area contributed by atoms with E-state index in [0.29, 0.717) is 12.5 Å². The van der Waals surface area contributed by atoms with Crippen LogP contribution in [0.25, 0.3) is 0 Å². The first kappa shape index (κ1) is 15.9. The number of carbonyl (C=O) groups excluding carboxylic acids is 1. The fraction of sp³-hybridized carbons (Fsp3) is 0.429. The molecule has 0 aromatic heterocycles. The Balaban J connectivity index is 2.70. The standard InChI is InChI=1S/C14H19FN2O3/c1-3-9(4-2)8-16-14(20)17-12-7-10(15)5-6-11(12)13(18)19/h5-7,9H,3-4,8H2,1-2H3,(H,18,19)(H2,16,17,20). The lowest BCUT2D eigenvalue weighted by molar-refractivity contribution is 0.0698. The molecular formula is C14H19FN2O3. The van der Waals surface area contributed by atoms with Gasteiger partial charge in [-0.05, 0) is 24.1 Å². The summed E-state index contributed by atoms with van der Waals surface area (Å²) in [6.45, 7) is 4.56. The highest BCUT2D eigenvalue weighted by Gasteiger charge is 2.14. The Hall–Kier alpha value is -2.11. The van der Waals surface area contributed by atoms with Crippen LogP contribution in [0.2, 0.25) is 0 Å². The average molecular weight is 282 g/mol. The normalized spacial score (nSPS) is 10.4. The number of amides is 2. The van der Waals surface area contributed by atoms with Gasteiger partial charge in [-0.25, -0.2) is 14.0 Å². The number of benzene rings is 1. The fourth-order valence-electron chi connectivity index (χ4n) is 1.79. The number of carboxylic acids is 1. The van der Waals surface area contributed by atoms with Crippen molar-refractivity contribution in [3.8, 4) is 0 Å². The van der Waals surface area contributed by atoms with Gasteiger partial charge in [-0.3, -0.25) is 0 Å². The average Bonchev–Trinajstić information content (AvgIpc) is 2.39. The molecule has 1 aromatic carbocycles. The summed E-state index contributed by atoms with van der Waals surface area (Å²) >= 11 is 0. The van der Waals surface area contributed by atoms with Crippen LogP contribution in [0.5, 0.6) is 0 Å². The third-order valence-electron chi connectivity index (χ3n) is 3.17. The van der Waals surface area contributed by atoms with Crippen molar-refractivity contribution in [2.75, 3.05) is 11.9 Å². The SMILES string of the molecule is CCC(CC)CNC(=O)Nc1cc(F)ccc1C(=O)O. The highest BCUT2D eigenvalue weighted by Crippen LogP contribution is 2.17. The second-order valence-corrected chi connectivity index (χ2v) is 4.51. The Kier molecular flexibility index (Phi) is 5.96. The Labute approximate surface area is 117 Å². The van der Waals surface area contributed by atoms with E-state index in [2.05, 4.69) is 10.6 Å². The Morgan fingerprint density at radius 3 is 2.50 bits per heavy atom. The second-order valence-electron chi connectivity index (χ2n) is 4.51. The van der Waals surface area contributed by atoms with Crippen LogP contribution < -0.4 is 10.6 Å². The molecule has 110 valence electrons. The maximum atomic E-state index is 13.1. The number of carboxylic acid groups (broad SMARTS) is 1. The maximum absolute atomic E-state index is 13.1. The summed E-state index contributed by atoms with van der Waals surface area (Å²) in [7, 11) is 0. The molecule has 20 heavy (non-hydrogen) atoms. The van der Waals surface area contributed by atoms with Gasteiger partial charge in [0.05, 0.1) is 11.3 Å². The van der Waals surface area contributed by atoms with Crippen LogP contribution in [0.15, 0.2) is 18.2 Å². The largest absolute Gasteiger partial charge is 0.478 e. The number of halogens is 1. The topological polar surface area (TPSA) is 78.4 Å². The minimum atomic E-state index is -1.22. The molecule has 1 rings (SSSR count). The van der Waals surface area contributed by atoms with Crippen LogP contribution in [0.1, 0.15) is 37.0 Å². The number of hydrogen-bond acceptors (Lipinski definition) is 2. The first-order valence-corrected chi connectivity index (χ1v) is 6.55. The Morgan fingerprint density at radius 1 is 1.30 bits per heavy atom. The van der Waals surface area contributed by atoms with E-state index in [4.69, 9.17) is 5.11 Å². The van der Waals surface area contributed by atoms with Gasteiger partial charge in [0.25, 0.3) is 0 Å². The van der Waals surface area contributed by atoms with E-state index in [1.54, 1.807) is 0 Å². The summed E-state index contributed by atoms with van der Waals surface area (Å²) in [6, 6.07) is 2.61. The van der Waals surface area contributed by atoms with Crippen LogP contribution in [-0.4, -0.2) is 23.7 Å². The molecule has 0 unspecified atom stereocenters. The zero-order valence-corrected chi connectivity index (χ0v) is 11.6. The van der Waals surface area contributed by atoms with Crippen LogP contribution >= 0.6 is 0 Å². The van der Waals surface area contributed by atoms with Crippen molar-refractivity contribution in [3.05, 3.63) is 29.6 Å². The minimum Gasteiger partial charge on any atom is -0.478 e. The predicted molar refractivity (Wildman–Crippen MR) is 74.5 cm³/mol. The molecule has 0 fully saturated rings. The van der Waals surface area contributed by atoms with Gasteiger partial charge < -0.3 is 15.7 Å². The van der Waals surface area contributed by atoms with E-state index in [1.807, 2.05) is 13.8 Å². The molecule has 0 saturated heterocycles. The fourth-order valence-corrected chi connectivity index (χ4v) is 1.79. The van der Waals surface area contributed by atoms with Gasteiger partial charge in [0.1, 0.15) is 5.82 Å². The van der Waals surface area contributed by atoms with Crippen molar-refractivity contribution in [3.63, 3.8) is 0 Å². The van der Waals surface area contributed by atoms with Crippen molar-refractivity contribution in [1.29, 1.82) is 0 Å². The van der Waals surface area contributed by atoms with Gasteiger partial charge in [0.2, 0.25) is 0 Å². The monoisotopic (exact) mass is 282 g/mol. The van der Waals surface area contributed by atoms with E-state index in [1.165, 1.54) is 0 Å². The van der Waals surface area contributed by atoms with Crippen LogP contribution in [-0.2, 0) is 0 Å². The van der Waals surface area contributed by atoms with Gasteiger partial charge in [0.15, 0.2) is 0 Å². The number of carbonyl (C=O) groups is 2. The molecule has 0 aliphatic heterocycles. The van der Waals surface area contributed by atoms with E-state index < -0.39 is 17.8 Å². The van der Waals surface area contributed by atoms with Gasteiger partial charge in [-0.1, -0.05) is 26.7 Å². The van der Waals surface area contributed by atoms with Crippen LogP contribution in [0.3, 0.4) is 0 Å². The summed E-state index contributed by atoms with van der Waals surface area (Å²) in [5.74, 6) is -1.46. The number of anilines is 1.